The Balaban J connectivity index is 0.000000195. The fraction of sp³-hybridized carbons (Fsp3) is 0.0357. The van der Waals surface area contributed by atoms with Gasteiger partial charge in [0.25, 0.3) is 0 Å². The first kappa shape index (κ1) is 22.3. The van der Waals surface area contributed by atoms with Gasteiger partial charge in [0.15, 0.2) is 0 Å². The molecular formula is C28H22N4O2. The molecular weight excluding hydrogens is 424 g/mol. The van der Waals surface area contributed by atoms with Gasteiger partial charge in [0.1, 0.15) is 11.8 Å². The highest BCUT2D eigenvalue weighted by atomic mass is 16.3. The van der Waals surface area contributed by atoms with Crippen LogP contribution >= 0.6 is 0 Å². The second kappa shape index (κ2) is 9.72. The Morgan fingerprint density at radius 2 is 1.79 bits per heavy atom. The SMILES string of the molecule is N#Cc1cc(C(N)=O)ccc1O.N=Cc1cccc2c1ccn2Cc1ccc2ccccc2c1. The van der Waals surface area contributed by atoms with Crippen molar-refractivity contribution in [2.75, 3.05) is 0 Å². The molecule has 1 heterocycles. The summed E-state index contributed by atoms with van der Waals surface area (Å²) in [5.41, 5.74) is 8.65. The van der Waals surface area contributed by atoms with Crippen molar-refractivity contribution < 1.29 is 9.90 Å². The Bertz CT molecular complexity index is 1560. The summed E-state index contributed by atoms with van der Waals surface area (Å²) >= 11 is 0. The molecule has 0 atom stereocenters. The normalized spacial score (nSPS) is 10.3. The number of nitrogens with one attached hydrogen (secondary N) is 1. The number of hydrogen-bond acceptors (Lipinski definition) is 4. The highest BCUT2D eigenvalue weighted by Gasteiger charge is 2.06. The van der Waals surface area contributed by atoms with E-state index in [0.717, 1.165) is 17.5 Å². The van der Waals surface area contributed by atoms with Crippen LogP contribution in [0.3, 0.4) is 0 Å². The maximum Gasteiger partial charge on any atom is 0.248 e. The zero-order chi connectivity index (χ0) is 24.1. The minimum atomic E-state index is -0.619. The number of nitrogens with two attached hydrogens (primary N) is 1. The van der Waals surface area contributed by atoms with E-state index in [2.05, 4.69) is 65.4 Å². The first-order valence-corrected chi connectivity index (χ1v) is 10.6. The van der Waals surface area contributed by atoms with Gasteiger partial charge in [-0.15, -0.1) is 0 Å². The van der Waals surface area contributed by atoms with Crippen molar-refractivity contribution in [3.63, 3.8) is 0 Å². The van der Waals surface area contributed by atoms with Crippen LogP contribution in [0.4, 0.5) is 0 Å². The summed E-state index contributed by atoms with van der Waals surface area (Å²) in [5, 5.41) is 28.7. The number of benzene rings is 4. The van der Waals surface area contributed by atoms with Gasteiger partial charge in [0, 0.05) is 41.0 Å². The number of nitrogens with zero attached hydrogens (tertiary/aromatic N) is 2. The van der Waals surface area contributed by atoms with Crippen molar-refractivity contribution in [1.82, 2.24) is 4.57 Å². The van der Waals surface area contributed by atoms with Gasteiger partial charge in [-0.05, 0) is 52.7 Å². The molecule has 6 nitrogen and oxygen atoms in total. The zero-order valence-electron chi connectivity index (χ0n) is 18.3. The third kappa shape index (κ3) is 4.64. The van der Waals surface area contributed by atoms with Crippen LogP contribution in [-0.2, 0) is 6.54 Å². The molecule has 0 bridgehead atoms. The number of amides is 1. The van der Waals surface area contributed by atoms with Crippen LogP contribution in [-0.4, -0.2) is 21.8 Å². The summed E-state index contributed by atoms with van der Waals surface area (Å²) in [7, 11) is 0. The van der Waals surface area contributed by atoms with E-state index in [9.17, 15) is 4.79 Å². The molecule has 6 heteroatoms. The van der Waals surface area contributed by atoms with Crippen molar-refractivity contribution in [3.8, 4) is 11.8 Å². The molecule has 0 radical (unpaired) electrons. The molecule has 166 valence electrons. The van der Waals surface area contributed by atoms with E-state index in [0.29, 0.717) is 0 Å². The monoisotopic (exact) mass is 446 g/mol. The predicted octanol–water partition coefficient (Wildman–Crippen LogP) is 5.20. The quantitative estimate of drug-likeness (QED) is 0.329. The summed E-state index contributed by atoms with van der Waals surface area (Å²) in [5.74, 6) is -0.769. The van der Waals surface area contributed by atoms with Crippen LogP contribution in [0.1, 0.15) is 27.0 Å². The van der Waals surface area contributed by atoms with Gasteiger partial charge < -0.3 is 20.8 Å². The number of nitriles is 1. The number of primary amides is 1. The average molecular weight is 447 g/mol. The Kier molecular flexibility index (Phi) is 6.38. The zero-order valence-corrected chi connectivity index (χ0v) is 18.3. The fourth-order valence-corrected chi connectivity index (χ4v) is 3.82. The maximum atomic E-state index is 10.6. The van der Waals surface area contributed by atoms with Crippen LogP contribution in [0.5, 0.6) is 5.75 Å². The number of aromatic nitrogens is 1. The van der Waals surface area contributed by atoms with Gasteiger partial charge in [-0.2, -0.15) is 5.26 Å². The van der Waals surface area contributed by atoms with E-state index in [4.69, 9.17) is 21.5 Å². The molecule has 1 amide bonds. The number of aromatic hydroxyl groups is 1. The minimum absolute atomic E-state index is 0.0475. The molecule has 0 unspecified atom stereocenters. The first-order valence-electron chi connectivity index (χ1n) is 10.6. The third-order valence-electron chi connectivity index (χ3n) is 5.57. The summed E-state index contributed by atoms with van der Waals surface area (Å²) in [6.45, 7) is 0.843. The van der Waals surface area contributed by atoms with E-state index < -0.39 is 5.91 Å². The van der Waals surface area contributed by atoms with E-state index >= 15 is 0 Å². The summed E-state index contributed by atoms with van der Waals surface area (Å²) < 4.78 is 2.24. The smallest absolute Gasteiger partial charge is 0.248 e. The molecule has 0 aliphatic carbocycles. The Morgan fingerprint density at radius 1 is 1.00 bits per heavy atom. The molecule has 0 aliphatic rings. The van der Waals surface area contributed by atoms with E-state index in [1.165, 1.54) is 46.3 Å². The van der Waals surface area contributed by atoms with E-state index in [1.54, 1.807) is 6.07 Å². The molecule has 34 heavy (non-hydrogen) atoms. The van der Waals surface area contributed by atoms with Crippen LogP contribution in [0.25, 0.3) is 21.7 Å². The Hall–Kier alpha value is -4.89. The molecule has 0 saturated heterocycles. The molecule has 4 N–H and O–H groups in total. The lowest BCUT2D eigenvalue weighted by atomic mass is 10.1. The minimum Gasteiger partial charge on any atom is -0.507 e. The van der Waals surface area contributed by atoms with Gasteiger partial charge in [-0.3, -0.25) is 4.79 Å². The third-order valence-corrected chi connectivity index (χ3v) is 5.57. The van der Waals surface area contributed by atoms with Gasteiger partial charge in [0.05, 0.1) is 5.56 Å². The lowest BCUT2D eigenvalue weighted by molar-refractivity contribution is 0.1000. The number of phenolic OH excluding ortho intramolecular Hbond substituents is 1. The fourth-order valence-electron chi connectivity index (χ4n) is 3.82. The lowest BCUT2D eigenvalue weighted by Gasteiger charge is -2.08. The number of hydrogen-bond donors (Lipinski definition) is 3. The van der Waals surface area contributed by atoms with Crippen LogP contribution in [0.15, 0.2) is 91.1 Å². The molecule has 0 fully saturated rings. The summed E-state index contributed by atoms with van der Waals surface area (Å²) in [6, 6.07) is 28.9. The number of carbonyl (C=O) groups excluding carboxylic acids is 1. The predicted molar refractivity (Wildman–Crippen MR) is 134 cm³/mol. The molecule has 5 aromatic rings. The number of fused-ring (bicyclic) bond motifs is 2. The van der Waals surface area contributed by atoms with Crippen molar-refractivity contribution in [1.29, 1.82) is 10.7 Å². The van der Waals surface area contributed by atoms with Gasteiger partial charge >= 0.3 is 0 Å². The largest absolute Gasteiger partial charge is 0.507 e. The standard InChI is InChI=1S/C20H16N2.C8H6N2O2/c21-13-18-6-3-7-20-19(18)10-11-22(20)14-15-8-9-16-4-1-2-5-17(16)12-15;9-4-6-3-5(8(10)12)1-2-7(6)11/h1-13,21H,14H2;1-3,11H,(H2,10,12). The molecule has 4 aromatic carbocycles. The first-order chi connectivity index (χ1) is 16.5. The van der Waals surface area contributed by atoms with Crippen molar-refractivity contribution in [2.45, 2.75) is 6.54 Å². The molecule has 1 aromatic heterocycles. The topological polar surface area (TPSA) is 116 Å². The van der Waals surface area contributed by atoms with Gasteiger partial charge in [-0.25, -0.2) is 0 Å². The number of phenols is 1. The second-order valence-corrected chi connectivity index (χ2v) is 7.76. The van der Waals surface area contributed by atoms with Gasteiger partial charge in [0.2, 0.25) is 5.91 Å². The average Bonchev–Trinajstić information content (AvgIpc) is 3.27. The van der Waals surface area contributed by atoms with Gasteiger partial charge in [-0.1, -0.05) is 48.5 Å². The Morgan fingerprint density at radius 3 is 2.53 bits per heavy atom. The number of rotatable bonds is 4. The van der Waals surface area contributed by atoms with Crippen LogP contribution < -0.4 is 5.73 Å². The second-order valence-electron chi connectivity index (χ2n) is 7.76. The molecule has 0 saturated carbocycles. The van der Waals surface area contributed by atoms with E-state index in [-0.39, 0.29) is 16.9 Å². The summed E-state index contributed by atoms with van der Waals surface area (Å²) in [6.07, 6.45) is 3.52. The van der Waals surface area contributed by atoms with Crippen LogP contribution in [0.2, 0.25) is 0 Å². The van der Waals surface area contributed by atoms with Crippen molar-refractivity contribution in [3.05, 3.63) is 113 Å². The number of carbonyl (C=O) groups is 1. The molecule has 5 rings (SSSR count). The van der Waals surface area contributed by atoms with Crippen molar-refractivity contribution in [2.24, 2.45) is 5.73 Å². The van der Waals surface area contributed by atoms with Crippen LogP contribution in [0, 0.1) is 16.7 Å². The molecule has 0 aliphatic heterocycles. The maximum absolute atomic E-state index is 10.6. The molecule has 0 spiro atoms. The lowest BCUT2D eigenvalue weighted by Crippen LogP contribution is -2.10. The van der Waals surface area contributed by atoms with Crippen molar-refractivity contribution >= 4 is 33.8 Å². The van der Waals surface area contributed by atoms with E-state index in [1.807, 2.05) is 12.1 Å². The Labute approximate surface area is 196 Å². The summed E-state index contributed by atoms with van der Waals surface area (Å²) in [4.78, 5) is 10.6. The highest BCUT2D eigenvalue weighted by molar-refractivity contribution is 5.98. The highest BCUT2D eigenvalue weighted by Crippen LogP contribution is 2.22.